The second-order valence-corrected chi connectivity index (χ2v) is 4.80. The fourth-order valence-electron chi connectivity index (χ4n) is 2.08. The second-order valence-electron chi connectivity index (χ2n) is 4.80. The molecular weight excluding hydrogens is 287 g/mol. The summed E-state index contributed by atoms with van der Waals surface area (Å²) in [4.78, 5) is 12.7. The highest BCUT2D eigenvalue weighted by Crippen LogP contribution is 2.27. The Morgan fingerprint density at radius 2 is 2.00 bits per heavy atom. The van der Waals surface area contributed by atoms with Crippen molar-refractivity contribution in [3.05, 3.63) is 35.6 Å². The fraction of sp³-hybridized carbons (Fsp3) is 0.357. The molecule has 1 aromatic heterocycles. The molecule has 2 aromatic rings. The zero-order valence-electron chi connectivity index (χ0n) is 11.3. The van der Waals surface area contributed by atoms with Gasteiger partial charge in [-0.3, -0.25) is 4.90 Å². The SMILES string of the molecule is CN(CCC(F)(F)F)Cc1oc2ccccc2c1C(=O)O. The van der Waals surface area contributed by atoms with Crippen molar-refractivity contribution in [2.75, 3.05) is 13.6 Å². The van der Waals surface area contributed by atoms with Crippen molar-refractivity contribution < 1.29 is 27.5 Å². The average Bonchev–Trinajstić information content (AvgIpc) is 2.73. The molecule has 0 unspecified atom stereocenters. The highest BCUT2D eigenvalue weighted by molar-refractivity contribution is 6.03. The van der Waals surface area contributed by atoms with Gasteiger partial charge in [0.05, 0.1) is 13.0 Å². The number of carboxylic acid groups (broad SMARTS) is 1. The summed E-state index contributed by atoms with van der Waals surface area (Å²) in [7, 11) is 1.49. The van der Waals surface area contributed by atoms with E-state index in [1.807, 2.05) is 0 Å². The van der Waals surface area contributed by atoms with Crippen molar-refractivity contribution in [2.45, 2.75) is 19.1 Å². The van der Waals surface area contributed by atoms with Gasteiger partial charge in [0.25, 0.3) is 0 Å². The topological polar surface area (TPSA) is 53.7 Å². The molecule has 0 aliphatic carbocycles. The van der Waals surface area contributed by atoms with Gasteiger partial charge >= 0.3 is 12.1 Å². The quantitative estimate of drug-likeness (QED) is 0.918. The molecule has 0 aliphatic rings. The lowest BCUT2D eigenvalue weighted by atomic mass is 10.1. The van der Waals surface area contributed by atoms with E-state index in [0.29, 0.717) is 11.0 Å². The Labute approximate surface area is 118 Å². The molecule has 0 fully saturated rings. The monoisotopic (exact) mass is 301 g/mol. The van der Waals surface area contributed by atoms with Crippen LogP contribution in [-0.4, -0.2) is 35.7 Å². The van der Waals surface area contributed by atoms with Crippen molar-refractivity contribution in [3.63, 3.8) is 0 Å². The highest BCUT2D eigenvalue weighted by atomic mass is 19.4. The number of aromatic carboxylic acids is 1. The molecule has 7 heteroatoms. The Balaban J connectivity index is 2.21. The zero-order valence-corrected chi connectivity index (χ0v) is 11.3. The first-order valence-electron chi connectivity index (χ1n) is 6.27. The van der Waals surface area contributed by atoms with Crippen LogP contribution in [0.15, 0.2) is 28.7 Å². The molecule has 114 valence electrons. The molecule has 0 amide bonds. The van der Waals surface area contributed by atoms with Gasteiger partial charge in [-0.1, -0.05) is 18.2 Å². The Morgan fingerprint density at radius 3 is 2.62 bits per heavy atom. The summed E-state index contributed by atoms with van der Waals surface area (Å²) >= 11 is 0. The van der Waals surface area contributed by atoms with Gasteiger partial charge in [-0.2, -0.15) is 13.2 Å². The van der Waals surface area contributed by atoms with Gasteiger partial charge in [0, 0.05) is 11.9 Å². The number of nitrogens with zero attached hydrogens (tertiary/aromatic N) is 1. The lowest BCUT2D eigenvalue weighted by Crippen LogP contribution is -2.24. The molecule has 0 saturated heterocycles. The molecule has 0 atom stereocenters. The minimum atomic E-state index is -4.24. The summed E-state index contributed by atoms with van der Waals surface area (Å²) in [6.45, 7) is -0.216. The summed E-state index contributed by atoms with van der Waals surface area (Å²) in [5.41, 5.74) is 0.415. The van der Waals surface area contributed by atoms with Crippen LogP contribution < -0.4 is 0 Å². The summed E-state index contributed by atoms with van der Waals surface area (Å²) < 4.78 is 42.0. The highest BCUT2D eigenvalue weighted by Gasteiger charge is 2.28. The van der Waals surface area contributed by atoms with Crippen LogP contribution in [0.5, 0.6) is 0 Å². The number of furan rings is 1. The number of para-hydroxylation sites is 1. The summed E-state index contributed by atoms with van der Waals surface area (Å²) in [5.74, 6) is -0.993. The predicted molar refractivity (Wildman–Crippen MR) is 70.2 cm³/mol. The number of alkyl halides is 3. The minimum absolute atomic E-state index is 0.00413. The molecule has 1 N–H and O–H groups in total. The molecule has 21 heavy (non-hydrogen) atoms. The van der Waals surface area contributed by atoms with E-state index in [-0.39, 0.29) is 24.4 Å². The first-order chi connectivity index (χ1) is 9.78. The van der Waals surface area contributed by atoms with Crippen LogP contribution in [0.3, 0.4) is 0 Å². The maximum atomic E-state index is 12.2. The number of hydrogen-bond acceptors (Lipinski definition) is 3. The van der Waals surface area contributed by atoms with Crippen molar-refractivity contribution >= 4 is 16.9 Å². The third kappa shape index (κ3) is 3.75. The Hall–Kier alpha value is -2.02. The molecule has 0 spiro atoms. The van der Waals surface area contributed by atoms with Crippen molar-refractivity contribution in [1.29, 1.82) is 0 Å². The summed E-state index contributed by atoms with van der Waals surface area (Å²) in [5, 5.41) is 9.71. The molecule has 4 nitrogen and oxygen atoms in total. The smallest absolute Gasteiger partial charge is 0.390 e. The van der Waals surface area contributed by atoms with Crippen LogP contribution in [0.4, 0.5) is 13.2 Å². The molecule has 2 rings (SSSR count). The van der Waals surface area contributed by atoms with E-state index in [1.165, 1.54) is 11.9 Å². The Morgan fingerprint density at radius 1 is 1.33 bits per heavy atom. The third-order valence-corrected chi connectivity index (χ3v) is 3.07. The van der Waals surface area contributed by atoms with Crippen LogP contribution in [0.1, 0.15) is 22.5 Å². The first kappa shape index (κ1) is 15.4. The number of hydrogen-bond donors (Lipinski definition) is 1. The number of carboxylic acids is 1. The van der Waals surface area contributed by atoms with Crippen molar-refractivity contribution in [3.8, 4) is 0 Å². The molecule has 1 heterocycles. The number of halogens is 3. The first-order valence-corrected chi connectivity index (χ1v) is 6.27. The standard InChI is InChI=1S/C14H14F3NO3/c1-18(7-6-14(15,16)17)8-11-12(13(19)20)9-4-2-3-5-10(9)21-11/h2-5H,6-8H2,1H3,(H,19,20). The van der Waals surface area contributed by atoms with Gasteiger partial charge < -0.3 is 9.52 Å². The predicted octanol–water partition coefficient (Wildman–Crippen LogP) is 3.52. The van der Waals surface area contributed by atoms with E-state index in [2.05, 4.69) is 0 Å². The molecule has 0 bridgehead atoms. The maximum absolute atomic E-state index is 12.2. The number of rotatable bonds is 5. The lowest BCUT2D eigenvalue weighted by Gasteiger charge is -2.16. The van der Waals surface area contributed by atoms with Crippen molar-refractivity contribution in [2.24, 2.45) is 0 Å². The zero-order chi connectivity index (χ0) is 15.6. The number of benzene rings is 1. The molecule has 1 aromatic carbocycles. The lowest BCUT2D eigenvalue weighted by molar-refractivity contribution is -0.137. The fourth-order valence-corrected chi connectivity index (χ4v) is 2.08. The Bertz CT molecular complexity index is 648. The largest absolute Gasteiger partial charge is 0.478 e. The number of carbonyl (C=O) groups is 1. The third-order valence-electron chi connectivity index (χ3n) is 3.07. The van der Waals surface area contributed by atoms with Gasteiger partial charge in [0.2, 0.25) is 0 Å². The van der Waals surface area contributed by atoms with Gasteiger partial charge in [0.1, 0.15) is 16.9 Å². The van der Waals surface area contributed by atoms with Gasteiger partial charge in [0.15, 0.2) is 0 Å². The molecule has 0 radical (unpaired) electrons. The second kappa shape index (κ2) is 5.77. The van der Waals surface area contributed by atoms with Gasteiger partial charge in [-0.15, -0.1) is 0 Å². The van der Waals surface area contributed by atoms with Gasteiger partial charge in [-0.25, -0.2) is 4.79 Å². The van der Waals surface area contributed by atoms with E-state index >= 15 is 0 Å². The van der Waals surface area contributed by atoms with Crippen LogP contribution >= 0.6 is 0 Å². The van der Waals surface area contributed by atoms with E-state index in [0.717, 1.165) is 0 Å². The molecule has 0 saturated carbocycles. The van der Waals surface area contributed by atoms with E-state index in [9.17, 15) is 23.1 Å². The maximum Gasteiger partial charge on any atom is 0.390 e. The molecule has 0 aliphatic heterocycles. The van der Waals surface area contributed by atoms with Crippen molar-refractivity contribution in [1.82, 2.24) is 4.90 Å². The van der Waals surface area contributed by atoms with Crippen LogP contribution in [0.25, 0.3) is 11.0 Å². The van der Waals surface area contributed by atoms with Crippen LogP contribution in [0.2, 0.25) is 0 Å². The van der Waals surface area contributed by atoms with Crippen LogP contribution in [-0.2, 0) is 6.54 Å². The Kier molecular flexibility index (Phi) is 4.22. The summed E-state index contributed by atoms with van der Waals surface area (Å²) in [6, 6.07) is 6.62. The minimum Gasteiger partial charge on any atom is -0.478 e. The molecular formula is C14H14F3NO3. The summed E-state index contributed by atoms with van der Waals surface area (Å²) in [6.07, 6.45) is -5.19. The van der Waals surface area contributed by atoms with E-state index in [1.54, 1.807) is 24.3 Å². The van der Waals surface area contributed by atoms with E-state index < -0.39 is 18.6 Å². The average molecular weight is 301 g/mol. The van der Waals surface area contributed by atoms with E-state index in [4.69, 9.17) is 4.42 Å². The van der Waals surface area contributed by atoms with Crippen LogP contribution in [0, 0.1) is 0 Å². The normalized spacial score (nSPS) is 12.2. The van der Waals surface area contributed by atoms with Gasteiger partial charge in [-0.05, 0) is 13.1 Å². The number of fused-ring (bicyclic) bond motifs is 1.